The van der Waals surface area contributed by atoms with Crippen LogP contribution in [0.5, 0.6) is 11.5 Å². The molecule has 6 heteroatoms. The number of rotatable bonds is 6. The van der Waals surface area contributed by atoms with Crippen LogP contribution in [0.4, 0.5) is 0 Å². The predicted octanol–water partition coefficient (Wildman–Crippen LogP) is 0.0728. The van der Waals surface area contributed by atoms with Crippen LogP contribution in [0.2, 0.25) is 0 Å². The van der Waals surface area contributed by atoms with Crippen LogP contribution in [0.3, 0.4) is 0 Å². The first kappa shape index (κ1) is 14.6. The Morgan fingerprint density at radius 1 is 1.35 bits per heavy atom. The summed E-state index contributed by atoms with van der Waals surface area (Å²) < 4.78 is 10.3. The molecule has 2 rings (SSSR count). The lowest BCUT2D eigenvalue weighted by atomic mass is 10.0. The summed E-state index contributed by atoms with van der Waals surface area (Å²) in [5.74, 6) is 1.19. The van der Waals surface area contributed by atoms with Gasteiger partial charge in [-0.25, -0.2) is 0 Å². The van der Waals surface area contributed by atoms with Crippen LogP contribution < -0.4 is 20.1 Å². The van der Waals surface area contributed by atoms with Gasteiger partial charge in [-0.1, -0.05) is 0 Å². The van der Waals surface area contributed by atoms with Crippen molar-refractivity contribution in [2.75, 3.05) is 33.9 Å². The van der Waals surface area contributed by atoms with Gasteiger partial charge in [0, 0.05) is 25.7 Å². The third kappa shape index (κ3) is 3.40. The Bertz CT molecular complexity index is 452. The Labute approximate surface area is 118 Å². The average molecular weight is 280 g/mol. The Hall–Kier alpha value is -1.79. The number of aliphatic hydroxyl groups is 1. The molecule has 0 spiro atoms. The average Bonchev–Trinajstić information content (AvgIpc) is 2.42. The highest BCUT2D eigenvalue weighted by Gasteiger charge is 2.25. The van der Waals surface area contributed by atoms with Crippen molar-refractivity contribution in [1.82, 2.24) is 10.6 Å². The molecule has 0 saturated carbocycles. The van der Waals surface area contributed by atoms with Crippen molar-refractivity contribution in [2.45, 2.75) is 6.10 Å². The van der Waals surface area contributed by atoms with E-state index in [0.29, 0.717) is 30.2 Å². The fraction of sp³-hybridized carbons (Fsp3) is 0.500. The first-order chi connectivity index (χ1) is 9.63. The van der Waals surface area contributed by atoms with Crippen molar-refractivity contribution < 1.29 is 19.4 Å². The van der Waals surface area contributed by atoms with Crippen LogP contribution >= 0.6 is 0 Å². The molecule has 1 fully saturated rings. The molecule has 1 heterocycles. The maximum Gasteiger partial charge on any atom is 0.225 e. The van der Waals surface area contributed by atoms with Gasteiger partial charge < -0.3 is 25.2 Å². The largest absolute Gasteiger partial charge is 0.497 e. The lowest BCUT2D eigenvalue weighted by Gasteiger charge is -2.26. The fourth-order valence-electron chi connectivity index (χ4n) is 1.96. The van der Waals surface area contributed by atoms with E-state index in [1.807, 2.05) is 0 Å². The third-order valence-corrected chi connectivity index (χ3v) is 3.38. The Balaban J connectivity index is 1.96. The molecule has 3 N–H and O–H groups in total. The Morgan fingerprint density at radius 3 is 2.40 bits per heavy atom. The standard InChI is InChI=1S/C14H20N2O4/c1-19-11-3-9(4-12(5-11)20-2)13(17)8-16-14(18)10-6-15-7-10/h3-5,10,13,15,17H,6-8H2,1-2H3,(H,16,18). The van der Waals surface area contributed by atoms with Gasteiger partial charge in [0.25, 0.3) is 0 Å². The SMILES string of the molecule is COc1cc(OC)cc(C(O)CNC(=O)C2CNC2)c1. The molecular weight excluding hydrogens is 260 g/mol. The number of carbonyl (C=O) groups is 1. The second kappa shape index (κ2) is 6.58. The number of ether oxygens (including phenoxy) is 2. The number of amides is 1. The highest BCUT2D eigenvalue weighted by Crippen LogP contribution is 2.26. The molecule has 110 valence electrons. The monoisotopic (exact) mass is 280 g/mol. The predicted molar refractivity (Wildman–Crippen MR) is 73.9 cm³/mol. The molecule has 20 heavy (non-hydrogen) atoms. The summed E-state index contributed by atoms with van der Waals surface area (Å²) >= 11 is 0. The van der Waals surface area contributed by atoms with E-state index in [-0.39, 0.29) is 18.4 Å². The third-order valence-electron chi connectivity index (χ3n) is 3.38. The summed E-state index contributed by atoms with van der Waals surface area (Å²) in [7, 11) is 3.10. The minimum absolute atomic E-state index is 0.0158. The summed E-state index contributed by atoms with van der Waals surface area (Å²) in [5, 5.41) is 15.9. The molecule has 1 aliphatic rings. The van der Waals surface area contributed by atoms with Gasteiger partial charge in [-0.2, -0.15) is 0 Å². The van der Waals surface area contributed by atoms with Crippen molar-refractivity contribution in [3.05, 3.63) is 23.8 Å². The number of methoxy groups -OCH3 is 2. The van der Waals surface area contributed by atoms with Crippen LogP contribution in [0.1, 0.15) is 11.7 Å². The van der Waals surface area contributed by atoms with Gasteiger partial charge >= 0.3 is 0 Å². The van der Waals surface area contributed by atoms with Crippen molar-refractivity contribution in [1.29, 1.82) is 0 Å². The number of hydrogen-bond acceptors (Lipinski definition) is 5. The van der Waals surface area contributed by atoms with E-state index >= 15 is 0 Å². The normalized spacial score (nSPS) is 16.1. The molecule has 0 radical (unpaired) electrons. The van der Waals surface area contributed by atoms with Gasteiger partial charge in [-0.15, -0.1) is 0 Å². The molecule has 1 atom stereocenters. The number of aliphatic hydroxyl groups excluding tert-OH is 1. The minimum atomic E-state index is -0.795. The van der Waals surface area contributed by atoms with E-state index in [1.165, 1.54) is 0 Å². The summed E-state index contributed by atoms with van der Waals surface area (Å²) in [4.78, 5) is 11.7. The smallest absolute Gasteiger partial charge is 0.225 e. The molecule has 6 nitrogen and oxygen atoms in total. The van der Waals surface area contributed by atoms with Crippen LogP contribution in [0.15, 0.2) is 18.2 Å². The molecule has 1 unspecified atom stereocenters. The van der Waals surface area contributed by atoms with Crippen molar-refractivity contribution >= 4 is 5.91 Å². The topological polar surface area (TPSA) is 79.8 Å². The van der Waals surface area contributed by atoms with Crippen molar-refractivity contribution in [3.8, 4) is 11.5 Å². The number of benzene rings is 1. The van der Waals surface area contributed by atoms with E-state index in [9.17, 15) is 9.90 Å². The summed E-state index contributed by atoms with van der Waals surface area (Å²) in [6.45, 7) is 1.58. The molecule has 1 aliphatic heterocycles. The van der Waals surface area contributed by atoms with E-state index in [1.54, 1.807) is 32.4 Å². The van der Waals surface area contributed by atoms with Gasteiger partial charge in [-0.05, 0) is 17.7 Å². The summed E-state index contributed by atoms with van der Waals surface area (Å²) in [6.07, 6.45) is -0.795. The van der Waals surface area contributed by atoms with Crippen LogP contribution in [0.25, 0.3) is 0 Å². The molecule has 1 amide bonds. The summed E-state index contributed by atoms with van der Waals surface area (Å²) in [5.41, 5.74) is 0.647. The number of carbonyl (C=O) groups excluding carboxylic acids is 1. The summed E-state index contributed by atoms with van der Waals surface area (Å²) in [6, 6.07) is 5.18. The van der Waals surface area contributed by atoms with Crippen LogP contribution in [-0.4, -0.2) is 44.9 Å². The Kier molecular flexibility index (Phi) is 4.81. The zero-order valence-corrected chi connectivity index (χ0v) is 11.7. The van der Waals surface area contributed by atoms with Gasteiger partial charge in [0.2, 0.25) is 5.91 Å². The molecule has 0 aliphatic carbocycles. The van der Waals surface area contributed by atoms with Crippen molar-refractivity contribution in [3.63, 3.8) is 0 Å². The van der Waals surface area contributed by atoms with Gasteiger partial charge in [0.15, 0.2) is 0 Å². The molecule has 1 aromatic rings. The molecule has 1 saturated heterocycles. The number of nitrogens with one attached hydrogen (secondary N) is 2. The van der Waals surface area contributed by atoms with Gasteiger partial charge in [0.05, 0.1) is 26.2 Å². The lowest BCUT2D eigenvalue weighted by Crippen LogP contribution is -2.51. The van der Waals surface area contributed by atoms with E-state index in [4.69, 9.17) is 9.47 Å². The minimum Gasteiger partial charge on any atom is -0.497 e. The molecule has 1 aromatic carbocycles. The van der Waals surface area contributed by atoms with Crippen LogP contribution in [-0.2, 0) is 4.79 Å². The zero-order chi connectivity index (χ0) is 14.5. The molecular formula is C14H20N2O4. The maximum atomic E-state index is 11.7. The molecule has 0 aromatic heterocycles. The first-order valence-electron chi connectivity index (χ1n) is 6.53. The second-order valence-corrected chi connectivity index (χ2v) is 4.76. The lowest BCUT2D eigenvalue weighted by molar-refractivity contribution is -0.126. The van der Waals surface area contributed by atoms with Gasteiger partial charge in [-0.3, -0.25) is 4.79 Å². The maximum absolute atomic E-state index is 11.7. The first-order valence-corrected chi connectivity index (χ1v) is 6.53. The van der Waals surface area contributed by atoms with E-state index < -0.39 is 6.10 Å². The van der Waals surface area contributed by atoms with Crippen LogP contribution in [0, 0.1) is 5.92 Å². The van der Waals surface area contributed by atoms with Crippen molar-refractivity contribution in [2.24, 2.45) is 5.92 Å². The number of hydrogen-bond donors (Lipinski definition) is 3. The fourth-order valence-corrected chi connectivity index (χ4v) is 1.96. The molecule has 0 bridgehead atoms. The van der Waals surface area contributed by atoms with E-state index in [0.717, 1.165) is 0 Å². The van der Waals surface area contributed by atoms with E-state index in [2.05, 4.69) is 10.6 Å². The zero-order valence-electron chi connectivity index (χ0n) is 11.7. The Morgan fingerprint density at radius 2 is 1.95 bits per heavy atom. The highest BCUT2D eigenvalue weighted by atomic mass is 16.5. The van der Waals surface area contributed by atoms with Gasteiger partial charge in [0.1, 0.15) is 11.5 Å². The second-order valence-electron chi connectivity index (χ2n) is 4.76. The quantitative estimate of drug-likeness (QED) is 0.687. The highest BCUT2D eigenvalue weighted by molar-refractivity contribution is 5.80.